The molecule has 1 unspecified atom stereocenters. The van der Waals surface area contributed by atoms with Crippen LogP contribution in [0.1, 0.15) is 6.42 Å². The number of morpholine rings is 1. The van der Waals surface area contributed by atoms with Crippen LogP contribution in [0.4, 0.5) is 5.69 Å². The second-order valence-corrected chi connectivity index (χ2v) is 6.34. The van der Waals surface area contributed by atoms with E-state index in [4.69, 9.17) is 27.9 Å². The molecule has 2 N–H and O–H groups in total. The summed E-state index contributed by atoms with van der Waals surface area (Å²) in [5.74, 6) is -0.108. The number of amides is 2. The van der Waals surface area contributed by atoms with Gasteiger partial charge in [0, 0.05) is 28.8 Å². The van der Waals surface area contributed by atoms with E-state index < -0.39 is 6.04 Å². The molecule has 1 aromatic rings. The van der Waals surface area contributed by atoms with E-state index in [9.17, 15) is 9.59 Å². The van der Waals surface area contributed by atoms with E-state index in [1.165, 1.54) is 0 Å². The number of halogens is 2. The molecule has 7 nitrogen and oxygen atoms in total. The number of benzene rings is 1. The Bertz CT molecular complexity index is 669. The zero-order valence-electron chi connectivity index (χ0n) is 12.7. The quantitative estimate of drug-likeness (QED) is 0.844. The van der Waals surface area contributed by atoms with Gasteiger partial charge >= 0.3 is 0 Å². The molecule has 2 heterocycles. The van der Waals surface area contributed by atoms with E-state index >= 15 is 0 Å². The third kappa shape index (κ3) is 4.17. The van der Waals surface area contributed by atoms with Crippen LogP contribution in [0.25, 0.3) is 0 Å². The molecule has 9 heteroatoms. The van der Waals surface area contributed by atoms with Crippen molar-refractivity contribution in [3.8, 4) is 0 Å². The van der Waals surface area contributed by atoms with Crippen LogP contribution in [-0.2, 0) is 14.3 Å². The number of nitrogens with one attached hydrogen (secondary N) is 2. The smallest absolute Gasteiger partial charge is 0.252 e. The van der Waals surface area contributed by atoms with Gasteiger partial charge in [0.05, 0.1) is 19.6 Å². The minimum absolute atomic E-state index is 0.0518. The van der Waals surface area contributed by atoms with Crippen LogP contribution in [-0.4, -0.2) is 55.0 Å². The number of rotatable bonds is 3. The number of aliphatic imine (C=N–C) groups is 1. The summed E-state index contributed by atoms with van der Waals surface area (Å²) < 4.78 is 5.27. The fraction of sp³-hybridized carbons (Fsp3) is 0.400. The Hall–Kier alpha value is -1.83. The molecule has 0 saturated carbocycles. The van der Waals surface area contributed by atoms with Crippen molar-refractivity contribution < 1.29 is 14.3 Å². The van der Waals surface area contributed by atoms with Crippen molar-refractivity contribution in [3.05, 3.63) is 28.2 Å². The van der Waals surface area contributed by atoms with Crippen LogP contribution in [0.5, 0.6) is 0 Å². The monoisotopic (exact) mass is 370 g/mol. The third-order valence-electron chi connectivity index (χ3n) is 3.65. The second kappa shape index (κ2) is 7.38. The number of carbonyl (C=O) groups excluding carboxylic acids is 2. The standard InChI is InChI=1S/C15H16Cl2N4O3/c16-9-5-10(17)7-11(6-9)18-13(22)8-12-14(23)20-15(19-12)21-1-3-24-4-2-21/h5-7,12H,1-4,8H2,(H,18,22)(H,19,20,23). The molecule has 2 aliphatic rings. The Morgan fingerprint density at radius 2 is 1.96 bits per heavy atom. The first-order valence-corrected chi connectivity index (χ1v) is 8.24. The average Bonchev–Trinajstić information content (AvgIpc) is 2.88. The van der Waals surface area contributed by atoms with Crippen molar-refractivity contribution in [1.82, 2.24) is 10.2 Å². The van der Waals surface area contributed by atoms with Crippen molar-refractivity contribution in [1.29, 1.82) is 0 Å². The van der Waals surface area contributed by atoms with Crippen LogP contribution < -0.4 is 10.6 Å². The molecule has 1 aromatic carbocycles. The summed E-state index contributed by atoms with van der Waals surface area (Å²) in [7, 11) is 0. The molecule has 2 aliphatic heterocycles. The molecule has 1 fully saturated rings. The molecule has 1 saturated heterocycles. The fourth-order valence-corrected chi connectivity index (χ4v) is 3.05. The first kappa shape index (κ1) is 17.0. The number of hydrogen-bond acceptors (Lipinski definition) is 5. The normalized spacial score (nSPS) is 20.6. The third-order valence-corrected chi connectivity index (χ3v) is 4.09. The average molecular weight is 371 g/mol. The Balaban J connectivity index is 1.61. The van der Waals surface area contributed by atoms with Crippen LogP contribution >= 0.6 is 23.2 Å². The molecule has 128 valence electrons. The zero-order valence-corrected chi connectivity index (χ0v) is 14.2. The van der Waals surface area contributed by atoms with Crippen LogP contribution in [0.3, 0.4) is 0 Å². The minimum atomic E-state index is -0.738. The molecular weight excluding hydrogens is 355 g/mol. The Morgan fingerprint density at radius 3 is 2.62 bits per heavy atom. The molecule has 0 aliphatic carbocycles. The zero-order chi connectivity index (χ0) is 17.1. The molecule has 0 bridgehead atoms. The van der Waals surface area contributed by atoms with Crippen LogP contribution in [0.2, 0.25) is 10.0 Å². The van der Waals surface area contributed by atoms with Gasteiger partial charge in [-0.1, -0.05) is 23.2 Å². The van der Waals surface area contributed by atoms with E-state index in [1.54, 1.807) is 18.2 Å². The van der Waals surface area contributed by atoms with Gasteiger partial charge in [-0.25, -0.2) is 4.99 Å². The summed E-state index contributed by atoms with van der Waals surface area (Å²) in [6, 6.07) is 4.00. The lowest BCUT2D eigenvalue weighted by Gasteiger charge is -2.27. The lowest BCUT2D eigenvalue weighted by molar-refractivity contribution is -0.124. The molecule has 0 spiro atoms. The highest BCUT2D eigenvalue weighted by Crippen LogP contribution is 2.22. The number of guanidine groups is 1. The largest absolute Gasteiger partial charge is 0.378 e. The Morgan fingerprint density at radius 1 is 1.29 bits per heavy atom. The highest BCUT2D eigenvalue weighted by atomic mass is 35.5. The van der Waals surface area contributed by atoms with Gasteiger partial charge < -0.3 is 15.0 Å². The highest BCUT2D eigenvalue weighted by Gasteiger charge is 2.31. The van der Waals surface area contributed by atoms with Crippen molar-refractivity contribution in [3.63, 3.8) is 0 Å². The number of ether oxygens (including phenoxy) is 1. The summed E-state index contributed by atoms with van der Waals surface area (Å²) in [6.45, 7) is 2.52. The number of nitrogens with zero attached hydrogens (tertiary/aromatic N) is 2. The molecule has 2 amide bonds. The second-order valence-electron chi connectivity index (χ2n) is 5.47. The lowest BCUT2D eigenvalue weighted by Crippen LogP contribution is -2.46. The van der Waals surface area contributed by atoms with Gasteiger partial charge in [-0.15, -0.1) is 0 Å². The number of hydrogen-bond donors (Lipinski definition) is 2. The first-order chi connectivity index (χ1) is 11.5. The first-order valence-electron chi connectivity index (χ1n) is 7.48. The SMILES string of the molecule is O=C(CC1N=C(N2CCOCC2)NC1=O)Nc1cc(Cl)cc(Cl)c1. The summed E-state index contributed by atoms with van der Waals surface area (Å²) in [4.78, 5) is 30.4. The molecule has 0 radical (unpaired) electrons. The maximum Gasteiger partial charge on any atom is 0.252 e. The van der Waals surface area contributed by atoms with Gasteiger partial charge in [0.25, 0.3) is 5.91 Å². The molecule has 0 aromatic heterocycles. The van der Waals surface area contributed by atoms with Gasteiger partial charge in [0.15, 0.2) is 0 Å². The van der Waals surface area contributed by atoms with Crippen LogP contribution in [0.15, 0.2) is 23.2 Å². The van der Waals surface area contributed by atoms with E-state index in [0.29, 0.717) is 48.0 Å². The van der Waals surface area contributed by atoms with Gasteiger partial charge in [0.2, 0.25) is 11.9 Å². The minimum Gasteiger partial charge on any atom is -0.378 e. The van der Waals surface area contributed by atoms with Gasteiger partial charge in [-0.3, -0.25) is 14.9 Å². The maximum atomic E-state index is 12.1. The van der Waals surface area contributed by atoms with E-state index in [2.05, 4.69) is 15.6 Å². The molecule has 24 heavy (non-hydrogen) atoms. The highest BCUT2D eigenvalue weighted by molar-refractivity contribution is 6.35. The predicted octanol–water partition coefficient (Wildman–Crippen LogP) is 1.51. The number of anilines is 1. The predicted molar refractivity (Wildman–Crippen MR) is 91.5 cm³/mol. The fourth-order valence-electron chi connectivity index (χ4n) is 2.52. The summed E-state index contributed by atoms with van der Waals surface area (Å²) in [5.41, 5.74) is 0.480. The van der Waals surface area contributed by atoms with E-state index in [-0.39, 0.29) is 18.2 Å². The van der Waals surface area contributed by atoms with Crippen molar-refractivity contribution in [2.24, 2.45) is 4.99 Å². The van der Waals surface area contributed by atoms with Gasteiger partial charge in [-0.05, 0) is 18.2 Å². The van der Waals surface area contributed by atoms with Crippen LogP contribution in [0, 0.1) is 0 Å². The number of carbonyl (C=O) groups is 2. The Labute approximate surface area is 149 Å². The topological polar surface area (TPSA) is 83.0 Å². The lowest BCUT2D eigenvalue weighted by atomic mass is 10.2. The van der Waals surface area contributed by atoms with E-state index in [0.717, 1.165) is 0 Å². The Kier molecular flexibility index (Phi) is 5.23. The van der Waals surface area contributed by atoms with Crippen molar-refractivity contribution in [2.75, 3.05) is 31.6 Å². The molecule has 1 atom stereocenters. The van der Waals surface area contributed by atoms with Gasteiger partial charge in [-0.2, -0.15) is 0 Å². The summed E-state index contributed by atoms with van der Waals surface area (Å²) in [6.07, 6.45) is -0.0518. The van der Waals surface area contributed by atoms with Gasteiger partial charge in [0.1, 0.15) is 6.04 Å². The van der Waals surface area contributed by atoms with Crippen molar-refractivity contribution in [2.45, 2.75) is 12.5 Å². The molecular formula is C15H16Cl2N4O3. The molecule has 3 rings (SSSR count). The summed E-state index contributed by atoms with van der Waals surface area (Å²) in [5, 5.41) is 6.24. The summed E-state index contributed by atoms with van der Waals surface area (Å²) >= 11 is 11.8. The maximum absolute atomic E-state index is 12.1. The van der Waals surface area contributed by atoms with Crippen molar-refractivity contribution >= 4 is 46.7 Å². The van der Waals surface area contributed by atoms with E-state index in [1.807, 2.05) is 4.90 Å².